The van der Waals surface area contributed by atoms with Gasteiger partial charge < -0.3 is 14.9 Å². The molecule has 0 fully saturated rings. The van der Waals surface area contributed by atoms with Gasteiger partial charge in [-0.3, -0.25) is 14.3 Å². The summed E-state index contributed by atoms with van der Waals surface area (Å²) < 4.78 is 56.4. The topological polar surface area (TPSA) is 159 Å². The Labute approximate surface area is 258 Å². The molecule has 0 saturated carbocycles. The number of hydrogen-bond acceptors (Lipinski definition) is 7. The third kappa shape index (κ3) is 5.81. The molecular weight excluding hydrogens is 626 g/mol. The number of aromatic nitrogens is 2. The number of halogens is 1. The maximum absolute atomic E-state index is 14.1. The van der Waals surface area contributed by atoms with Gasteiger partial charge in [-0.25, -0.2) is 21.6 Å². The highest BCUT2D eigenvalue weighted by atomic mass is 35.5. The van der Waals surface area contributed by atoms with Gasteiger partial charge in [-0.2, -0.15) is 0 Å². The Balaban J connectivity index is 1.52. The molecule has 1 aliphatic rings. The van der Waals surface area contributed by atoms with Crippen molar-refractivity contribution in [1.82, 2.24) is 14.3 Å². The summed E-state index contributed by atoms with van der Waals surface area (Å²) in [6.45, 7) is 0.992. The summed E-state index contributed by atoms with van der Waals surface area (Å²) in [6.07, 6.45) is 3.29. The van der Waals surface area contributed by atoms with Gasteiger partial charge in [-0.1, -0.05) is 29.8 Å². The fourth-order valence-corrected chi connectivity index (χ4v) is 7.13. The first-order valence-corrected chi connectivity index (χ1v) is 17.2. The molecule has 4 N–H and O–H groups in total. The van der Waals surface area contributed by atoms with Gasteiger partial charge in [0.2, 0.25) is 10.0 Å². The smallest absolute Gasteiger partial charge is 0.282 e. The number of amides is 1. The van der Waals surface area contributed by atoms with Gasteiger partial charge in [-0.05, 0) is 72.1 Å². The molecular formula is C30H26ClN5O6S2. The number of nitrogens with zero attached hydrogens (tertiary/aromatic N) is 1. The van der Waals surface area contributed by atoms with E-state index in [-0.39, 0.29) is 33.9 Å². The molecule has 6 rings (SSSR count). The van der Waals surface area contributed by atoms with E-state index in [1.54, 1.807) is 34.9 Å². The summed E-state index contributed by atoms with van der Waals surface area (Å²) in [4.78, 5) is 29.5. The van der Waals surface area contributed by atoms with Crippen molar-refractivity contribution in [2.45, 2.75) is 17.9 Å². The third-order valence-corrected chi connectivity index (χ3v) is 9.40. The molecule has 0 bridgehead atoms. The number of pyridine rings is 1. The maximum atomic E-state index is 14.1. The quantitative estimate of drug-likeness (QED) is 0.196. The van der Waals surface area contributed by atoms with Gasteiger partial charge in [-0.15, -0.1) is 0 Å². The van der Waals surface area contributed by atoms with Crippen LogP contribution < -0.4 is 20.3 Å². The monoisotopic (exact) mass is 651 g/mol. The molecule has 0 radical (unpaired) electrons. The second-order valence-electron chi connectivity index (χ2n) is 10.4. The van der Waals surface area contributed by atoms with Crippen molar-refractivity contribution in [2.24, 2.45) is 0 Å². The number of fused-ring (bicyclic) bond motifs is 2. The molecule has 0 atom stereocenters. The molecule has 14 heteroatoms. The summed E-state index contributed by atoms with van der Waals surface area (Å²) in [6, 6.07) is 19.2. The summed E-state index contributed by atoms with van der Waals surface area (Å²) in [5.74, 6) is -0.990. The normalized spacial score (nSPS) is 13.0. The van der Waals surface area contributed by atoms with Crippen molar-refractivity contribution in [3.63, 3.8) is 0 Å². The lowest BCUT2D eigenvalue weighted by Gasteiger charge is -2.14. The first kappa shape index (κ1) is 29.5. The summed E-state index contributed by atoms with van der Waals surface area (Å²) in [5.41, 5.74) is 3.38. The van der Waals surface area contributed by atoms with Crippen molar-refractivity contribution in [3.05, 3.63) is 111 Å². The lowest BCUT2D eigenvalue weighted by atomic mass is 10.0. The molecule has 0 spiro atoms. The molecule has 0 unspecified atom stereocenters. The van der Waals surface area contributed by atoms with Crippen molar-refractivity contribution >= 4 is 59.8 Å². The fraction of sp³-hybridized carbons (Fsp3) is 0.133. The zero-order chi connectivity index (χ0) is 31.2. The second-order valence-corrected chi connectivity index (χ2v) is 14.3. The van der Waals surface area contributed by atoms with Gasteiger partial charge in [0.05, 0.1) is 11.2 Å². The number of anilines is 2. The largest absolute Gasteiger partial charge is 0.384 e. The SMILES string of the molecule is CS(=O)(=O)Nc1cccc(S(=O)(=O)NC(=O)c2c(-c3ccc[nH]c3=O)c3cc(Cl)ccc3n2Cc2ccc3c(c2)NCC3)c1. The van der Waals surface area contributed by atoms with Crippen LogP contribution in [0.3, 0.4) is 0 Å². The molecule has 0 aliphatic carbocycles. The maximum Gasteiger partial charge on any atom is 0.282 e. The Morgan fingerprint density at radius 3 is 2.59 bits per heavy atom. The zero-order valence-electron chi connectivity index (χ0n) is 23.2. The van der Waals surface area contributed by atoms with Crippen LogP contribution in [0.5, 0.6) is 0 Å². The Morgan fingerprint density at radius 2 is 1.82 bits per heavy atom. The third-order valence-electron chi connectivity index (χ3n) is 7.23. The van der Waals surface area contributed by atoms with E-state index in [9.17, 15) is 26.4 Å². The fourth-order valence-electron chi connectivity index (χ4n) is 5.41. The molecule has 3 aromatic carbocycles. The van der Waals surface area contributed by atoms with Crippen LogP contribution in [-0.2, 0) is 33.0 Å². The van der Waals surface area contributed by atoms with Crippen LogP contribution in [0.2, 0.25) is 5.02 Å². The molecule has 1 aliphatic heterocycles. The van der Waals surface area contributed by atoms with E-state index < -0.39 is 31.5 Å². The second kappa shape index (κ2) is 11.2. The van der Waals surface area contributed by atoms with E-state index in [1.807, 2.05) is 18.2 Å². The number of aromatic amines is 1. The predicted octanol–water partition coefficient (Wildman–Crippen LogP) is 4.16. The number of hydrogen-bond donors (Lipinski definition) is 4. The van der Waals surface area contributed by atoms with Gasteiger partial charge >= 0.3 is 0 Å². The van der Waals surface area contributed by atoms with E-state index in [0.717, 1.165) is 36.5 Å². The molecule has 1 amide bonds. The van der Waals surface area contributed by atoms with E-state index in [4.69, 9.17) is 11.6 Å². The standard InChI is InChI=1S/C30H26ClN5O6S2/c1-43(39,40)34-21-4-2-5-22(16-21)44(41,42)35-30(38)28-27(23-6-3-12-33-29(23)37)24-15-20(31)9-10-26(24)36(28)17-18-7-8-19-11-13-32-25(19)14-18/h2-10,12,14-16,32,34H,11,13,17H2,1H3,(H,33,37)(H,35,38). The Morgan fingerprint density at radius 1 is 1.00 bits per heavy atom. The number of rotatable bonds is 8. The van der Waals surface area contributed by atoms with Gasteiger partial charge in [0.1, 0.15) is 5.69 Å². The molecule has 2 aromatic heterocycles. The Hall–Kier alpha value is -4.59. The predicted molar refractivity (Wildman–Crippen MR) is 170 cm³/mol. The zero-order valence-corrected chi connectivity index (χ0v) is 25.6. The first-order valence-electron chi connectivity index (χ1n) is 13.4. The van der Waals surface area contributed by atoms with Gasteiger partial charge in [0.25, 0.3) is 21.5 Å². The molecule has 3 heterocycles. The van der Waals surface area contributed by atoms with Crippen molar-refractivity contribution in [3.8, 4) is 11.1 Å². The van der Waals surface area contributed by atoms with Crippen LogP contribution in [0.1, 0.15) is 21.6 Å². The van der Waals surface area contributed by atoms with Crippen LogP contribution in [0.15, 0.2) is 88.7 Å². The lowest BCUT2D eigenvalue weighted by Crippen LogP contribution is -2.33. The highest BCUT2D eigenvalue weighted by Crippen LogP contribution is 2.36. The lowest BCUT2D eigenvalue weighted by molar-refractivity contribution is 0.0974. The number of carbonyl (C=O) groups excluding carboxylic acids is 1. The molecule has 44 heavy (non-hydrogen) atoms. The Bertz CT molecular complexity index is 2240. The van der Waals surface area contributed by atoms with Gasteiger partial charge in [0, 0.05) is 57.7 Å². The van der Waals surface area contributed by atoms with Crippen molar-refractivity contribution < 1.29 is 21.6 Å². The number of nitrogens with one attached hydrogen (secondary N) is 4. The number of H-pyrrole nitrogens is 1. The average molecular weight is 652 g/mol. The summed E-state index contributed by atoms with van der Waals surface area (Å²) >= 11 is 6.38. The van der Waals surface area contributed by atoms with E-state index in [2.05, 4.69) is 19.7 Å². The van der Waals surface area contributed by atoms with Crippen LogP contribution in [0.25, 0.3) is 22.0 Å². The highest BCUT2D eigenvalue weighted by molar-refractivity contribution is 7.92. The Kier molecular flexibility index (Phi) is 7.48. The number of carbonyl (C=O) groups is 1. The number of benzene rings is 3. The molecule has 11 nitrogen and oxygen atoms in total. The van der Waals surface area contributed by atoms with E-state index in [0.29, 0.717) is 15.9 Å². The minimum Gasteiger partial charge on any atom is -0.384 e. The molecule has 5 aromatic rings. The van der Waals surface area contributed by atoms with Gasteiger partial charge in [0.15, 0.2) is 0 Å². The van der Waals surface area contributed by atoms with Crippen molar-refractivity contribution in [2.75, 3.05) is 22.8 Å². The van der Waals surface area contributed by atoms with Crippen molar-refractivity contribution in [1.29, 1.82) is 0 Å². The average Bonchev–Trinajstić information content (AvgIpc) is 3.54. The molecule has 226 valence electrons. The summed E-state index contributed by atoms with van der Waals surface area (Å²) in [7, 11) is -8.19. The van der Waals surface area contributed by atoms with Crippen LogP contribution in [0.4, 0.5) is 11.4 Å². The number of sulfonamides is 2. The summed E-state index contributed by atoms with van der Waals surface area (Å²) in [5, 5.41) is 4.18. The molecule has 0 saturated heterocycles. The van der Waals surface area contributed by atoms with E-state index in [1.165, 1.54) is 30.0 Å². The minimum absolute atomic E-state index is 0.00769. The highest BCUT2D eigenvalue weighted by Gasteiger charge is 2.29. The van der Waals surface area contributed by atoms with Crippen LogP contribution >= 0.6 is 11.6 Å². The van der Waals surface area contributed by atoms with Crippen LogP contribution in [-0.4, -0.2) is 45.1 Å². The minimum atomic E-state index is -4.51. The van der Waals surface area contributed by atoms with Crippen LogP contribution in [0, 0.1) is 0 Å². The van der Waals surface area contributed by atoms with E-state index >= 15 is 0 Å². The first-order chi connectivity index (χ1) is 20.9.